The zero-order valence-electron chi connectivity index (χ0n) is 4.40. The number of nitrogens with zero attached hydrogens (tertiary/aromatic N) is 1. The maximum Gasteiger partial charge on any atom is 0.232 e. The summed E-state index contributed by atoms with van der Waals surface area (Å²) in [6, 6.07) is 0. The van der Waals surface area contributed by atoms with Crippen LogP contribution in [0.4, 0.5) is 0 Å². The standard InChI is InChI=1S/C3H5N3O3/c7-1-4-5-6(2-8)3-9/h1-3,5H,(H,4,7). The zero-order valence-corrected chi connectivity index (χ0v) is 4.40. The maximum atomic E-state index is 9.72. The summed E-state index contributed by atoms with van der Waals surface area (Å²) in [5.74, 6) is 0. The molecule has 6 heteroatoms. The number of hydrazine groups is 2. The van der Waals surface area contributed by atoms with Gasteiger partial charge in [0, 0.05) is 0 Å². The summed E-state index contributed by atoms with van der Waals surface area (Å²) < 4.78 is 0. The Labute approximate surface area is 50.8 Å². The van der Waals surface area contributed by atoms with Gasteiger partial charge in [-0.2, -0.15) is 5.01 Å². The van der Waals surface area contributed by atoms with E-state index in [-0.39, 0.29) is 12.8 Å². The molecule has 0 radical (unpaired) electrons. The van der Waals surface area contributed by atoms with Gasteiger partial charge in [0.1, 0.15) is 0 Å². The minimum atomic E-state index is 0.212. The quantitative estimate of drug-likeness (QED) is 0.327. The Bertz CT molecular complexity index is 107. The van der Waals surface area contributed by atoms with Crippen molar-refractivity contribution in [2.45, 2.75) is 0 Å². The van der Waals surface area contributed by atoms with Gasteiger partial charge in [-0.15, -0.1) is 5.53 Å². The molecule has 0 rings (SSSR count). The lowest BCUT2D eigenvalue weighted by Crippen LogP contribution is -2.44. The number of carbonyl (C=O) groups is 3. The van der Waals surface area contributed by atoms with Crippen LogP contribution in [0.3, 0.4) is 0 Å². The Balaban J connectivity index is 3.41. The molecule has 2 N–H and O–H groups in total. The van der Waals surface area contributed by atoms with Gasteiger partial charge in [0.2, 0.25) is 19.2 Å². The molecule has 0 saturated carbocycles. The first kappa shape index (κ1) is 7.57. The molecule has 6 nitrogen and oxygen atoms in total. The lowest BCUT2D eigenvalue weighted by Gasteiger charge is -2.06. The summed E-state index contributed by atoms with van der Waals surface area (Å²) in [5.41, 5.74) is 3.83. The molecule has 0 unspecified atom stereocenters. The van der Waals surface area contributed by atoms with Gasteiger partial charge in [-0.1, -0.05) is 0 Å². The third-order valence-electron chi connectivity index (χ3n) is 0.480. The van der Waals surface area contributed by atoms with E-state index in [1.807, 2.05) is 11.0 Å². The van der Waals surface area contributed by atoms with Crippen molar-refractivity contribution in [3.8, 4) is 0 Å². The maximum absolute atomic E-state index is 9.72. The minimum absolute atomic E-state index is 0.212. The van der Waals surface area contributed by atoms with Crippen molar-refractivity contribution in [1.82, 2.24) is 16.0 Å². The van der Waals surface area contributed by atoms with Crippen LogP contribution in [0.1, 0.15) is 0 Å². The molecule has 0 aliphatic rings. The predicted octanol–water partition coefficient (Wildman–Crippen LogP) is -2.23. The molecule has 0 atom stereocenters. The number of rotatable bonds is 5. The van der Waals surface area contributed by atoms with Crippen LogP contribution in [-0.4, -0.2) is 24.2 Å². The summed E-state index contributed by atoms with van der Waals surface area (Å²) in [6.07, 6.45) is 0.715. The Morgan fingerprint density at radius 3 is 2.00 bits per heavy atom. The van der Waals surface area contributed by atoms with Gasteiger partial charge in [-0.25, -0.2) is 0 Å². The number of nitrogens with one attached hydrogen (secondary N) is 2. The van der Waals surface area contributed by atoms with E-state index < -0.39 is 0 Å². The van der Waals surface area contributed by atoms with E-state index in [1.165, 1.54) is 0 Å². The molecule has 0 heterocycles. The van der Waals surface area contributed by atoms with E-state index in [1.54, 1.807) is 0 Å². The third kappa shape index (κ3) is 3.18. The van der Waals surface area contributed by atoms with Crippen LogP contribution in [0.5, 0.6) is 0 Å². The average molecular weight is 131 g/mol. The minimum Gasteiger partial charge on any atom is -0.277 e. The van der Waals surface area contributed by atoms with Gasteiger partial charge >= 0.3 is 0 Å². The van der Waals surface area contributed by atoms with Crippen LogP contribution in [0, 0.1) is 0 Å². The highest BCUT2D eigenvalue weighted by atomic mass is 16.2. The molecule has 0 aromatic rings. The van der Waals surface area contributed by atoms with Gasteiger partial charge in [0.25, 0.3) is 0 Å². The molecule has 0 aromatic heterocycles. The van der Waals surface area contributed by atoms with Crippen molar-refractivity contribution in [2.75, 3.05) is 0 Å². The van der Waals surface area contributed by atoms with E-state index in [4.69, 9.17) is 0 Å². The van der Waals surface area contributed by atoms with Gasteiger partial charge in [0.15, 0.2) is 0 Å². The highest BCUT2D eigenvalue weighted by molar-refractivity contribution is 5.67. The van der Waals surface area contributed by atoms with E-state index in [0.29, 0.717) is 11.4 Å². The normalized spacial score (nSPS) is 7.56. The molecule has 0 fully saturated rings. The summed E-state index contributed by atoms with van der Waals surface area (Å²) in [4.78, 5) is 28.9. The molecule has 3 amide bonds. The molecule has 0 aromatic carbocycles. The van der Waals surface area contributed by atoms with Crippen LogP contribution in [0.2, 0.25) is 0 Å². The highest BCUT2D eigenvalue weighted by Crippen LogP contribution is 1.57. The van der Waals surface area contributed by atoms with Gasteiger partial charge in [-0.3, -0.25) is 19.8 Å². The molecule has 0 spiro atoms. The molecular formula is C3H5N3O3. The van der Waals surface area contributed by atoms with Gasteiger partial charge < -0.3 is 0 Å². The SMILES string of the molecule is O=CNNN(C=O)C=O. The number of carbonyl (C=O) groups excluding carboxylic acids is 3. The van der Waals surface area contributed by atoms with Crippen molar-refractivity contribution >= 4 is 19.2 Å². The summed E-state index contributed by atoms with van der Waals surface area (Å²) >= 11 is 0. The van der Waals surface area contributed by atoms with Crippen molar-refractivity contribution in [1.29, 1.82) is 0 Å². The molecule has 0 bridgehead atoms. The number of amides is 3. The Hall–Kier alpha value is -1.43. The fourth-order valence-corrected chi connectivity index (χ4v) is 0.178. The smallest absolute Gasteiger partial charge is 0.232 e. The van der Waals surface area contributed by atoms with Crippen LogP contribution in [0.25, 0.3) is 0 Å². The second kappa shape index (κ2) is 4.72. The zero-order chi connectivity index (χ0) is 7.11. The van der Waals surface area contributed by atoms with E-state index >= 15 is 0 Å². The summed E-state index contributed by atoms with van der Waals surface area (Å²) in [5, 5.41) is 0.508. The molecule has 0 aliphatic heterocycles. The molecular weight excluding hydrogens is 126 g/mol. The fraction of sp³-hybridized carbons (Fsp3) is 0. The predicted molar refractivity (Wildman–Crippen MR) is 26.3 cm³/mol. The first-order valence-corrected chi connectivity index (χ1v) is 1.99. The molecule has 0 aliphatic carbocycles. The molecule has 50 valence electrons. The second-order valence-corrected chi connectivity index (χ2v) is 0.992. The average Bonchev–Trinajstić information content (AvgIpc) is 1.91. The monoisotopic (exact) mass is 131 g/mol. The summed E-state index contributed by atoms with van der Waals surface area (Å²) in [7, 11) is 0. The highest BCUT2D eigenvalue weighted by Gasteiger charge is 1.91. The largest absolute Gasteiger partial charge is 0.277 e. The topological polar surface area (TPSA) is 78.5 Å². The Kier molecular flexibility index (Phi) is 3.97. The van der Waals surface area contributed by atoms with Crippen LogP contribution >= 0.6 is 0 Å². The fourth-order valence-electron chi connectivity index (χ4n) is 0.178. The Morgan fingerprint density at radius 2 is 1.67 bits per heavy atom. The molecule has 9 heavy (non-hydrogen) atoms. The number of hydrogen-bond acceptors (Lipinski definition) is 4. The van der Waals surface area contributed by atoms with E-state index in [2.05, 4.69) is 0 Å². The van der Waals surface area contributed by atoms with Crippen molar-refractivity contribution < 1.29 is 14.4 Å². The summed E-state index contributed by atoms with van der Waals surface area (Å²) in [6.45, 7) is 0. The van der Waals surface area contributed by atoms with Gasteiger partial charge in [-0.05, 0) is 0 Å². The van der Waals surface area contributed by atoms with Crippen molar-refractivity contribution in [3.63, 3.8) is 0 Å². The number of hydrogen-bond donors (Lipinski definition) is 2. The van der Waals surface area contributed by atoms with Crippen molar-refractivity contribution in [3.05, 3.63) is 0 Å². The Morgan fingerprint density at radius 1 is 1.11 bits per heavy atom. The van der Waals surface area contributed by atoms with Crippen molar-refractivity contribution in [2.24, 2.45) is 0 Å². The lowest BCUT2D eigenvalue weighted by atomic mass is 11.1. The second-order valence-electron chi connectivity index (χ2n) is 0.992. The van der Waals surface area contributed by atoms with Crippen LogP contribution < -0.4 is 11.0 Å². The first-order chi connectivity index (χ1) is 4.35. The number of imide groups is 1. The van der Waals surface area contributed by atoms with E-state index in [9.17, 15) is 14.4 Å². The lowest BCUT2D eigenvalue weighted by molar-refractivity contribution is -0.134. The van der Waals surface area contributed by atoms with Crippen LogP contribution in [-0.2, 0) is 14.4 Å². The first-order valence-electron chi connectivity index (χ1n) is 1.99. The third-order valence-corrected chi connectivity index (χ3v) is 0.480. The van der Waals surface area contributed by atoms with E-state index in [0.717, 1.165) is 0 Å². The van der Waals surface area contributed by atoms with Crippen LogP contribution in [0.15, 0.2) is 0 Å². The van der Waals surface area contributed by atoms with Gasteiger partial charge in [0.05, 0.1) is 0 Å². The molecule has 0 saturated heterocycles.